The Morgan fingerprint density at radius 2 is 2.14 bits per heavy atom. The number of anilines is 1. The molecule has 2 aliphatic rings. The average molecular weight is 517 g/mol. The molecule has 2 aromatic rings. The summed E-state index contributed by atoms with van der Waals surface area (Å²) >= 11 is 2.43. The SMILES string of the molecule is CCON=C(C(=O)NC1C(=O)N2C(C(=O)[O-])=C(C[n+]3ccccc3)CS[C@H]12)c1csc(NC=O)n1. The second-order valence-electron chi connectivity index (χ2n) is 7.31. The number of pyridine rings is 1. The average Bonchev–Trinajstić information content (AvgIpc) is 3.31. The molecule has 1 unspecified atom stereocenters. The number of β-lactam (4-membered cyclic amide) rings is 1. The Labute approximate surface area is 207 Å². The van der Waals surface area contributed by atoms with E-state index in [0.717, 1.165) is 16.2 Å². The minimum Gasteiger partial charge on any atom is -0.543 e. The summed E-state index contributed by atoms with van der Waals surface area (Å²) in [5.41, 5.74) is 0.346. The van der Waals surface area contributed by atoms with Gasteiger partial charge in [-0.1, -0.05) is 11.2 Å². The first kappa shape index (κ1) is 24.3. The summed E-state index contributed by atoms with van der Waals surface area (Å²) in [6, 6.07) is 4.52. The fourth-order valence-electron chi connectivity index (χ4n) is 3.60. The van der Waals surface area contributed by atoms with Crippen molar-refractivity contribution in [1.82, 2.24) is 15.2 Å². The maximum Gasteiger partial charge on any atom is 0.276 e. The molecule has 0 spiro atoms. The third kappa shape index (κ3) is 5.02. The fourth-order valence-corrected chi connectivity index (χ4v) is 5.59. The summed E-state index contributed by atoms with van der Waals surface area (Å²) in [6.45, 7) is 2.17. The Hall–Kier alpha value is -3.78. The Morgan fingerprint density at radius 3 is 2.83 bits per heavy atom. The number of hydrogen-bond acceptors (Lipinski definition) is 10. The second-order valence-corrected chi connectivity index (χ2v) is 9.27. The van der Waals surface area contributed by atoms with Crippen LogP contribution in [0.3, 0.4) is 0 Å². The Balaban J connectivity index is 1.52. The lowest BCUT2D eigenvalue weighted by atomic mass is 10.0. The van der Waals surface area contributed by atoms with Gasteiger partial charge in [0.2, 0.25) is 6.41 Å². The molecule has 35 heavy (non-hydrogen) atoms. The van der Waals surface area contributed by atoms with Crippen LogP contribution in [0.5, 0.6) is 0 Å². The van der Waals surface area contributed by atoms with Crippen molar-refractivity contribution in [1.29, 1.82) is 0 Å². The van der Waals surface area contributed by atoms with Gasteiger partial charge >= 0.3 is 0 Å². The minimum atomic E-state index is -1.45. The maximum atomic E-state index is 13.0. The van der Waals surface area contributed by atoms with E-state index in [0.29, 0.717) is 17.7 Å². The van der Waals surface area contributed by atoms with Gasteiger partial charge in [0.05, 0.1) is 11.7 Å². The van der Waals surface area contributed by atoms with Crippen molar-refractivity contribution in [2.24, 2.45) is 5.16 Å². The van der Waals surface area contributed by atoms with Crippen LogP contribution in [0.25, 0.3) is 0 Å². The van der Waals surface area contributed by atoms with Crippen LogP contribution < -0.4 is 20.3 Å². The van der Waals surface area contributed by atoms with E-state index in [4.69, 9.17) is 4.84 Å². The van der Waals surface area contributed by atoms with Gasteiger partial charge in [-0.25, -0.2) is 9.55 Å². The number of nitrogens with zero attached hydrogens (tertiary/aromatic N) is 4. The largest absolute Gasteiger partial charge is 0.543 e. The number of rotatable bonds is 10. The molecule has 0 bridgehead atoms. The van der Waals surface area contributed by atoms with E-state index in [2.05, 4.69) is 20.8 Å². The van der Waals surface area contributed by atoms with Gasteiger partial charge in [0.25, 0.3) is 11.8 Å². The summed E-state index contributed by atoms with van der Waals surface area (Å²) in [4.78, 5) is 58.8. The number of thiazole rings is 1. The highest BCUT2D eigenvalue weighted by molar-refractivity contribution is 8.00. The highest BCUT2D eigenvalue weighted by Crippen LogP contribution is 2.40. The van der Waals surface area contributed by atoms with Gasteiger partial charge in [0.1, 0.15) is 23.7 Å². The van der Waals surface area contributed by atoms with E-state index in [9.17, 15) is 24.3 Å². The number of amides is 3. The summed E-state index contributed by atoms with van der Waals surface area (Å²) in [6.07, 6.45) is 4.05. The maximum absolute atomic E-state index is 13.0. The number of aromatic nitrogens is 2. The number of carbonyl (C=O) groups excluding carboxylic acids is 4. The van der Waals surface area contributed by atoms with Crippen molar-refractivity contribution in [2.45, 2.75) is 24.9 Å². The first-order valence-electron chi connectivity index (χ1n) is 10.4. The molecule has 182 valence electrons. The van der Waals surface area contributed by atoms with Gasteiger partial charge in [0, 0.05) is 28.8 Å². The number of fused-ring (bicyclic) bond motifs is 1. The standard InChI is InChI=1S/C21H20N6O6S2/c1-2-33-25-14(13-10-35-21(23-13)22-11-28)17(29)24-15-18(30)27-16(20(31)32)12(9-34-19(15)27)8-26-6-4-3-5-7-26/h3-7,10-11,15,19H,2,8-9H2,1H3,(H2-,22,23,24,28,29,31,32)/t15?,19-/m1/s1. The molecule has 0 saturated carbocycles. The zero-order valence-corrected chi connectivity index (χ0v) is 20.0. The zero-order valence-electron chi connectivity index (χ0n) is 18.4. The van der Waals surface area contributed by atoms with Crippen LogP contribution in [0.1, 0.15) is 12.6 Å². The molecule has 0 radical (unpaired) electrons. The normalized spacial score (nSPS) is 19.5. The molecule has 2 N–H and O–H groups in total. The highest BCUT2D eigenvalue weighted by atomic mass is 32.2. The molecule has 2 aliphatic heterocycles. The van der Waals surface area contributed by atoms with Crippen molar-refractivity contribution in [3.8, 4) is 0 Å². The topological polar surface area (TPSA) is 157 Å². The van der Waals surface area contributed by atoms with E-state index < -0.39 is 29.2 Å². The number of carboxylic acid groups (broad SMARTS) is 1. The van der Waals surface area contributed by atoms with Crippen molar-refractivity contribution >= 4 is 58.1 Å². The Morgan fingerprint density at radius 1 is 1.37 bits per heavy atom. The highest BCUT2D eigenvalue weighted by Gasteiger charge is 2.53. The molecule has 3 amide bonds. The first-order valence-corrected chi connectivity index (χ1v) is 12.4. The number of carbonyl (C=O) groups is 4. The number of thioether (sulfide) groups is 1. The van der Waals surface area contributed by atoms with Crippen LogP contribution in [-0.4, -0.2) is 63.6 Å². The lowest BCUT2D eigenvalue weighted by Gasteiger charge is -2.50. The van der Waals surface area contributed by atoms with Crippen molar-refractivity contribution in [3.63, 3.8) is 0 Å². The fraction of sp³-hybridized carbons (Fsp3) is 0.286. The van der Waals surface area contributed by atoms with E-state index in [1.54, 1.807) is 23.9 Å². The van der Waals surface area contributed by atoms with Gasteiger partial charge in [-0.05, 0) is 6.92 Å². The number of nitrogens with one attached hydrogen (secondary N) is 2. The molecule has 2 aromatic heterocycles. The summed E-state index contributed by atoms with van der Waals surface area (Å²) in [5.74, 6) is -2.39. The van der Waals surface area contributed by atoms with Crippen LogP contribution >= 0.6 is 23.1 Å². The van der Waals surface area contributed by atoms with Gasteiger partial charge < -0.3 is 25.4 Å². The van der Waals surface area contributed by atoms with E-state index >= 15 is 0 Å². The van der Waals surface area contributed by atoms with E-state index in [-0.39, 0.29) is 35.4 Å². The molecule has 1 fully saturated rings. The van der Waals surface area contributed by atoms with Gasteiger partial charge in [-0.2, -0.15) is 0 Å². The van der Waals surface area contributed by atoms with Gasteiger partial charge in [-0.3, -0.25) is 19.3 Å². The lowest BCUT2D eigenvalue weighted by molar-refractivity contribution is -0.689. The number of hydrogen-bond donors (Lipinski definition) is 2. The molecular weight excluding hydrogens is 496 g/mol. The predicted octanol–water partition coefficient (Wildman–Crippen LogP) is -1.16. The third-order valence-corrected chi connectivity index (χ3v) is 7.22. The predicted molar refractivity (Wildman–Crippen MR) is 124 cm³/mol. The molecule has 4 rings (SSSR count). The first-order chi connectivity index (χ1) is 16.9. The monoisotopic (exact) mass is 516 g/mol. The van der Waals surface area contributed by atoms with E-state index in [1.807, 2.05) is 18.2 Å². The Bertz CT molecular complexity index is 1210. The molecule has 0 aromatic carbocycles. The number of oxime groups is 1. The molecule has 0 aliphatic carbocycles. The molecule has 1 saturated heterocycles. The van der Waals surface area contributed by atoms with Gasteiger partial charge in [-0.15, -0.1) is 23.1 Å². The molecule has 4 heterocycles. The van der Waals surface area contributed by atoms with Crippen molar-refractivity contribution in [3.05, 3.63) is 52.9 Å². The third-order valence-electron chi connectivity index (χ3n) is 5.11. The lowest BCUT2D eigenvalue weighted by Crippen LogP contribution is -2.71. The number of carboxylic acids is 1. The smallest absolute Gasteiger partial charge is 0.276 e. The van der Waals surface area contributed by atoms with Crippen LogP contribution in [0.15, 0.2) is 52.4 Å². The molecule has 2 atom stereocenters. The summed E-state index contributed by atoms with van der Waals surface area (Å²) in [7, 11) is 0. The van der Waals surface area contributed by atoms with Crippen molar-refractivity contribution < 1.29 is 33.7 Å². The van der Waals surface area contributed by atoms with Crippen LogP contribution in [0.2, 0.25) is 0 Å². The van der Waals surface area contributed by atoms with Gasteiger partial charge in [0.15, 0.2) is 29.8 Å². The molecule has 14 heteroatoms. The van der Waals surface area contributed by atoms with Crippen molar-refractivity contribution in [2.75, 3.05) is 17.7 Å². The zero-order chi connectivity index (χ0) is 24.9. The second kappa shape index (κ2) is 10.7. The molecular formula is C21H20N6O6S2. The number of aliphatic carboxylic acids is 1. The summed E-state index contributed by atoms with van der Waals surface area (Å²) < 4.78 is 1.81. The van der Waals surface area contributed by atoms with Crippen LogP contribution in [-0.2, 0) is 30.6 Å². The van der Waals surface area contributed by atoms with Crippen LogP contribution in [0, 0.1) is 0 Å². The molecule has 12 nitrogen and oxygen atoms in total. The quantitative estimate of drug-likeness (QED) is 0.132. The Kier molecular flexibility index (Phi) is 7.41. The van der Waals surface area contributed by atoms with Crippen LogP contribution in [0.4, 0.5) is 5.13 Å². The van der Waals surface area contributed by atoms with E-state index in [1.165, 1.54) is 17.1 Å². The minimum absolute atomic E-state index is 0.155. The summed E-state index contributed by atoms with van der Waals surface area (Å²) in [5, 5.41) is 21.9.